The molecule has 0 unspecified atom stereocenters. The van der Waals surface area contributed by atoms with Gasteiger partial charge in [-0.25, -0.2) is 0 Å². The zero-order chi connectivity index (χ0) is 11.2. The molecule has 0 saturated carbocycles. The van der Waals surface area contributed by atoms with Crippen LogP contribution in [-0.2, 0) is 11.3 Å². The predicted molar refractivity (Wildman–Crippen MR) is 61.7 cm³/mol. The predicted octanol–water partition coefficient (Wildman–Crippen LogP) is 0.620. The van der Waals surface area contributed by atoms with E-state index < -0.39 is 0 Å². The third-order valence-corrected chi connectivity index (χ3v) is 2.67. The molecule has 0 amide bonds. The Hall–Kier alpha value is -1.31. The van der Waals surface area contributed by atoms with E-state index in [1.165, 1.54) is 6.42 Å². The van der Waals surface area contributed by atoms with Gasteiger partial charge in [0.25, 0.3) is 0 Å². The van der Waals surface area contributed by atoms with Crippen LogP contribution < -0.4 is 5.73 Å². The molecule has 0 aliphatic carbocycles. The van der Waals surface area contributed by atoms with Crippen LogP contribution in [0.5, 0.6) is 0 Å². The molecule has 0 aromatic carbocycles. The first-order valence-corrected chi connectivity index (χ1v) is 5.67. The van der Waals surface area contributed by atoms with Crippen LogP contribution in [0.25, 0.3) is 0 Å². The lowest BCUT2D eigenvalue weighted by Gasteiger charge is -2.21. The molecule has 16 heavy (non-hydrogen) atoms. The van der Waals surface area contributed by atoms with Crippen LogP contribution in [0, 0.1) is 17.8 Å². The van der Waals surface area contributed by atoms with Gasteiger partial charge in [0.15, 0.2) is 0 Å². The number of hydrogen-bond donors (Lipinski definition) is 1. The zero-order valence-corrected chi connectivity index (χ0v) is 9.35. The van der Waals surface area contributed by atoms with Crippen molar-refractivity contribution in [3.63, 3.8) is 0 Å². The quantitative estimate of drug-likeness (QED) is 0.742. The van der Waals surface area contributed by atoms with Crippen LogP contribution >= 0.6 is 0 Å². The van der Waals surface area contributed by atoms with Crippen molar-refractivity contribution in [1.29, 1.82) is 0 Å². The van der Waals surface area contributed by atoms with E-state index >= 15 is 0 Å². The Balaban J connectivity index is 1.91. The van der Waals surface area contributed by atoms with E-state index in [0.717, 1.165) is 31.7 Å². The van der Waals surface area contributed by atoms with E-state index in [0.29, 0.717) is 12.5 Å². The first-order chi connectivity index (χ1) is 7.88. The zero-order valence-electron chi connectivity index (χ0n) is 9.35. The molecular weight excluding hydrogens is 202 g/mol. The average molecular weight is 219 g/mol. The first-order valence-electron chi connectivity index (χ1n) is 5.67. The monoisotopic (exact) mass is 219 g/mol. The highest BCUT2D eigenvalue weighted by atomic mass is 16.5. The third kappa shape index (κ3) is 3.09. The fourth-order valence-corrected chi connectivity index (χ4v) is 1.90. The lowest BCUT2D eigenvalue weighted by molar-refractivity contribution is 0.0470. The Morgan fingerprint density at radius 1 is 1.62 bits per heavy atom. The van der Waals surface area contributed by atoms with Gasteiger partial charge in [0.05, 0.1) is 24.9 Å². The highest BCUT2D eigenvalue weighted by Gasteiger charge is 2.14. The van der Waals surface area contributed by atoms with Crippen LogP contribution in [0.15, 0.2) is 12.4 Å². The highest BCUT2D eigenvalue weighted by Crippen LogP contribution is 2.15. The summed E-state index contributed by atoms with van der Waals surface area (Å²) in [7, 11) is 0. The summed E-state index contributed by atoms with van der Waals surface area (Å²) in [4.78, 5) is 0. The lowest BCUT2D eigenvalue weighted by Crippen LogP contribution is -2.22. The minimum absolute atomic E-state index is 0.391. The number of aromatic nitrogens is 2. The number of rotatable bonds is 2. The molecule has 4 nitrogen and oxygen atoms in total. The Labute approximate surface area is 95.8 Å². The molecule has 0 bridgehead atoms. The SMILES string of the molecule is NCC#Cc1cnn(C[C@@H]2CCCOC2)c1. The maximum atomic E-state index is 5.44. The summed E-state index contributed by atoms with van der Waals surface area (Å²) < 4.78 is 7.38. The summed E-state index contributed by atoms with van der Waals surface area (Å²) in [5.74, 6) is 6.38. The molecule has 1 saturated heterocycles. The fraction of sp³-hybridized carbons (Fsp3) is 0.583. The molecule has 86 valence electrons. The van der Waals surface area contributed by atoms with Crippen molar-refractivity contribution < 1.29 is 4.74 Å². The second kappa shape index (κ2) is 5.69. The van der Waals surface area contributed by atoms with Crippen molar-refractivity contribution in [3.05, 3.63) is 18.0 Å². The Kier molecular flexibility index (Phi) is 3.97. The van der Waals surface area contributed by atoms with E-state index in [-0.39, 0.29) is 0 Å². The number of hydrogen-bond acceptors (Lipinski definition) is 3. The molecule has 1 atom stereocenters. The van der Waals surface area contributed by atoms with Gasteiger partial charge in [-0.1, -0.05) is 11.8 Å². The van der Waals surface area contributed by atoms with Crippen molar-refractivity contribution in [3.8, 4) is 11.8 Å². The Bertz CT molecular complexity index is 382. The molecule has 1 aliphatic rings. The summed E-state index contributed by atoms with van der Waals surface area (Å²) in [6.07, 6.45) is 6.14. The summed E-state index contributed by atoms with van der Waals surface area (Å²) in [5.41, 5.74) is 6.25. The van der Waals surface area contributed by atoms with Crippen molar-refractivity contribution in [1.82, 2.24) is 9.78 Å². The fourth-order valence-electron chi connectivity index (χ4n) is 1.90. The maximum Gasteiger partial charge on any atom is 0.0646 e. The second-order valence-corrected chi connectivity index (χ2v) is 4.04. The molecule has 2 heterocycles. The van der Waals surface area contributed by atoms with Gasteiger partial charge in [-0.05, 0) is 12.8 Å². The van der Waals surface area contributed by atoms with Gasteiger partial charge in [-0.2, -0.15) is 5.10 Å². The Morgan fingerprint density at radius 2 is 2.56 bits per heavy atom. The summed E-state index contributed by atoms with van der Waals surface area (Å²) >= 11 is 0. The normalized spacial score (nSPS) is 20.2. The minimum Gasteiger partial charge on any atom is -0.381 e. The van der Waals surface area contributed by atoms with Gasteiger partial charge in [0, 0.05) is 25.3 Å². The van der Waals surface area contributed by atoms with Gasteiger partial charge in [-0.3, -0.25) is 4.68 Å². The topological polar surface area (TPSA) is 53.1 Å². The molecule has 1 fully saturated rings. The van der Waals surface area contributed by atoms with Gasteiger partial charge in [-0.15, -0.1) is 0 Å². The third-order valence-electron chi connectivity index (χ3n) is 2.67. The minimum atomic E-state index is 0.391. The molecule has 0 spiro atoms. The van der Waals surface area contributed by atoms with E-state index in [1.54, 1.807) is 6.20 Å². The smallest absolute Gasteiger partial charge is 0.0646 e. The molecule has 4 heteroatoms. The van der Waals surface area contributed by atoms with Gasteiger partial charge < -0.3 is 10.5 Å². The van der Waals surface area contributed by atoms with Gasteiger partial charge >= 0.3 is 0 Å². The molecule has 2 rings (SSSR count). The van der Waals surface area contributed by atoms with Gasteiger partial charge in [0.1, 0.15) is 0 Å². The van der Waals surface area contributed by atoms with Crippen molar-refractivity contribution in [2.75, 3.05) is 19.8 Å². The molecule has 0 radical (unpaired) electrons. The molecular formula is C12H17N3O. The summed E-state index contributed by atoms with van der Waals surface area (Å²) in [6, 6.07) is 0. The Morgan fingerprint density at radius 3 is 3.31 bits per heavy atom. The number of nitrogens with zero attached hydrogens (tertiary/aromatic N) is 2. The van der Waals surface area contributed by atoms with Crippen LogP contribution in [0.4, 0.5) is 0 Å². The van der Waals surface area contributed by atoms with Crippen LogP contribution in [0.3, 0.4) is 0 Å². The van der Waals surface area contributed by atoms with Crippen LogP contribution in [-0.4, -0.2) is 29.5 Å². The highest BCUT2D eigenvalue weighted by molar-refractivity contribution is 5.29. The first kappa shape index (κ1) is 11.2. The largest absolute Gasteiger partial charge is 0.381 e. The average Bonchev–Trinajstić information content (AvgIpc) is 2.75. The molecule has 1 aromatic rings. The van der Waals surface area contributed by atoms with Crippen molar-refractivity contribution in [2.24, 2.45) is 11.7 Å². The van der Waals surface area contributed by atoms with E-state index in [2.05, 4.69) is 16.9 Å². The maximum absolute atomic E-state index is 5.44. The van der Waals surface area contributed by atoms with Crippen molar-refractivity contribution >= 4 is 0 Å². The molecule has 2 N–H and O–H groups in total. The standard InChI is InChI=1S/C12H17N3O/c13-5-1-3-11-7-14-15(8-11)9-12-4-2-6-16-10-12/h7-8,12H,2,4-6,9-10,13H2/t12-/m0/s1. The second-order valence-electron chi connectivity index (χ2n) is 4.04. The van der Waals surface area contributed by atoms with E-state index in [1.807, 2.05) is 10.9 Å². The molecule has 1 aliphatic heterocycles. The summed E-state index contributed by atoms with van der Waals surface area (Å²) in [6.45, 7) is 3.07. The van der Waals surface area contributed by atoms with Crippen LogP contribution in [0.2, 0.25) is 0 Å². The van der Waals surface area contributed by atoms with Crippen LogP contribution in [0.1, 0.15) is 18.4 Å². The lowest BCUT2D eigenvalue weighted by atomic mass is 10.0. The van der Waals surface area contributed by atoms with E-state index in [4.69, 9.17) is 10.5 Å². The number of ether oxygens (including phenoxy) is 1. The summed E-state index contributed by atoms with van der Waals surface area (Å²) in [5, 5.41) is 4.28. The molecule has 1 aromatic heterocycles. The van der Waals surface area contributed by atoms with Gasteiger partial charge in [0.2, 0.25) is 0 Å². The number of nitrogens with two attached hydrogens (primary N) is 1. The van der Waals surface area contributed by atoms with Crippen molar-refractivity contribution in [2.45, 2.75) is 19.4 Å². The van der Waals surface area contributed by atoms with E-state index in [9.17, 15) is 0 Å².